The molecule has 0 aromatic heterocycles. The van der Waals surface area contributed by atoms with E-state index in [1.807, 2.05) is 6.08 Å². The molecule has 0 bridgehead atoms. The zero-order chi connectivity index (χ0) is 41.1. The Balaban J connectivity index is 4.09. The van der Waals surface area contributed by atoms with Crippen molar-refractivity contribution in [2.24, 2.45) is 5.73 Å². The van der Waals surface area contributed by atoms with Crippen molar-refractivity contribution in [3.8, 4) is 0 Å². The average Bonchev–Trinajstić information content (AvgIpc) is 3.19. The first-order chi connectivity index (χ1) is 27.4. The number of phosphoric acid groups is 1. The minimum atomic E-state index is -4.34. The van der Waals surface area contributed by atoms with Crippen LogP contribution in [0.15, 0.2) is 12.2 Å². The van der Waals surface area contributed by atoms with Gasteiger partial charge in [-0.05, 0) is 19.3 Å². The largest absolute Gasteiger partial charge is 0.472 e. The maximum absolute atomic E-state index is 12.8. The van der Waals surface area contributed by atoms with Gasteiger partial charge in [0, 0.05) is 13.0 Å². The van der Waals surface area contributed by atoms with Gasteiger partial charge in [-0.3, -0.25) is 13.8 Å². The van der Waals surface area contributed by atoms with Crippen molar-refractivity contribution in [3.05, 3.63) is 12.2 Å². The van der Waals surface area contributed by atoms with Crippen molar-refractivity contribution < 1.29 is 28.4 Å². The van der Waals surface area contributed by atoms with E-state index >= 15 is 0 Å². The van der Waals surface area contributed by atoms with Gasteiger partial charge in [-0.1, -0.05) is 238 Å². The van der Waals surface area contributed by atoms with E-state index in [1.54, 1.807) is 6.08 Å². The SMILES string of the molecule is CCCCCCCCCCCCCCCCC/C=C/C(O)C(COP(=O)(O)OCCN)NC(=O)CCCCCCCCCCCCCCCCCCCCCC. The summed E-state index contributed by atoms with van der Waals surface area (Å²) in [5.74, 6) is -0.188. The van der Waals surface area contributed by atoms with Gasteiger partial charge in [0.25, 0.3) is 0 Å². The van der Waals surface area contributed by atoms with Crippen molar-refractivity contribution in [3.63, 3.8) is 0 Å². The van der Waals surface area contributed by atoms with Crippen LogP contribution in [0.1, 0.15) is 251 Å². The molecule has 1 amide bonds. The maximum atomic E-state index is 12.8. The Labute approximate surface area is 347 Å². The number of carbonyl (C=O) groups is 1. The molecule has 8 nitrogen and oxygen atoms in total. The van der Waals surface area contributed by atoms with E-state index in [0.717, 1.165) is 38.5 Å². The number of carbonyl (C=O) groups excluding carboxylic acids is 1. The van der Waals surface area contributed by atoms with Crippen LogP contribution in [0.3, 0.4) is 0 Å². The predicted molar refractivity (Wildman–Crippen MR) is 240 cm³/mol. The van der Waals surface area contributed by atoms with Gasteiger partial charge in [0.1, 0.15) is 0 Å². The van der Waals surface area contributed by atoms with Crippen molar-refractivity contribution in [1.82, 2.24) is 5.32 Å². The number of rotatable bonds is 46. The Morgan fingerprint density at radius 1 is 0.571 bits per heavy atom. The van der Waals surface area contributed by atoms with E-state index in [4.69, 9.17) is 14.8 Å². The number of amides is 1. The highest BCUT2D eigenvalue weighted by molar-refractivity contribution is 7.47. The number of nitrogens with one attached hydrogen (secondary N) is 1. The van der Waals surface area contributed by atoms with Crippen LogP contribution in [0.2, 0.25) is 0 Å². The molecule has 0 aliphatic carbocycles. The summed E-state index contributed by atoms with van der Waals surface area (Å²) in [7, 11) is -4.34. The second kappa shape index (κ2) is 43.8. The molecule has 3 unspecified atom stereocenters. The summed E-state index contributed by atoms with van der Waals surface area (Å²) in [6.07, 6.45) is 49.8. The average molecular weight is 815 g/mol. The van der Waals surface area contributed by atoms with Crippen molar-refractivity contribution >= 4 is 13.7 Å². The summed E-state index contributed by atoms with van der Waals surface area (Å²) in [5, 5.41) is 13.7. The van der Waals surface area contributed by atoms with Gasteiger partial charge in [-0.25, -0.2) is 4.57 Å². The molecular weight excluding hydrogens is 719 g/mol. The lowest BCUT2D eigenvalue weighted by atomic mass is 10.0. The number of nitrogens with two attached hydrogens (primary N) is 1. The molecule has 0 spiro atoms. The Bertz CT molecular complexity index is 891. The number of hydrogen-bond acceptors (Lipinski definition) is 6. The minimum Gasteiger partial charge on any atom is -0.387 e. The first-order valence-electron chi connectivity index (χ1n) is 24.3. The summed E-state index contributed by atoms with van der Waals surface area (Å²) in [6, 6.07) is -0.855. The molecule has 0 aromatic carbocycles. The fraction of sp³-hybridized carbons (Fsp3) is 0.936. The first kappa shape index (κ1) is 55.2. The summed E-state index contributed by atoms with van der Waals surface area (Å²) in [5.41, 5.74) is 5.39. The third-order valence-electron chi connectivity index (χ3n) is 11.1. The minimum absolute atomic E-state index is 0.0816. The lowest BCUT2D eigenvalue weighted by molar-refractivity contribution is -0.123. The number of hydrogen-bond donors (Lipinski definition) is 4. The maximum Gasteiger partial charge on any atom is 0.472 e. The second-order valence-electron chi connectivity index (χ2n) is 16.7. The van der Waals surface area contributed by atoms with E-state index < -0.39 is 20.0 Å². The quantitative estimate of drug-likeness (QED) is 0.0273. The molecule has 0 aliphatic heterocycles. The molecule has 5 N–H and O–H groups in total. The topological polar surface area (TPSA) is 131 Å². The molecule has 0 saturated heterocycles. The first-order valence-corrected chi connectivity index (χ1v) is 25.8. The third kappa shape index (κ3) is 41.4. The van der Waals surface area contributed by atoms with E-state index in [9.17, 15) is 19.4 Å². The Hall–Kier alpha value is -0.760. The second-order valence-corrected chi connectivity index (χ2v) is 18.1. The molecule has 0 aromatic rings. The van der Waals surface area contributed by atoms with E-state index in [1.165, 1.54) is 193 Å². The number of unbranched alkanes of at least 4 members (excludes halogenated alkanes) is 34. The Morgan fingerprint density at radius 3 is 1.27 bits per heavy atom. The fourth-order valence-electron chi connectivity index (χ4n) is 7.43. The normalized spacial score (nSPS) is 14.0. The van der Waals surface area contributed by atoms with Crippen molar-refractivity contribution in [2.75, 3.05) is 19.8 Å². The van der Waals surface area contributed by atoms with E-state index in [2.05, 4.69) is 19.2 Å². The predicted octanol–water partition coefficient (Wildman–Crippen LogP) is 14.0. The van der Waals surface area contributed by atoms with Gasteiger partial charge in [0.05, 0.1) is 25.4 Å². The molecule has 0 saturated carbocycles. The molecule has 0 rings (SSSR count). The monoisotopic (exact) mass is 815 g/mol. The molecular formula is C47H95N2O6P. The van der Waals surface area contributed by atoms with Crippen LogP contribution >= 0.6 is 7.82 Å². The van der Waals surface area contributed by atoms with Gasteiger partial charge in [0.2, 0.25) is 5.91 Å². The lowest BCUT2D eigenvalue weighted by Gasteiger charge is -2.23. The summed E-state index contributed by atoms with van der Waals surface area (Å²) in [4.78, 5) is 22.8. The zero-order valence-electron chi connectivity index (χ0n) is 37.1. The highest BCUT2D eigenvalue weighted by Gasteiger charge is 2.26. The van der Waals surface area contributed by atoms with Crippen LogP contribution in [0.4, 0.5) is 0 Å². The lowest BCUT2D eigenvalue weighted by Crippen LogP contribution is -2.45. The standard InChI is InChI=1S/C47H95N2O6P/c1-3-5-7-9-11-13-15-17-19-21-22-23-25-27-29-31-33-35-37-39-41-47(51)49-45(44-55-56(52,53)54-43-42-48)46(50)40-38-36-34-32-30-28-26-24-20-18-16-14-12-10-8-6-4-2/h38,40,45-46,50H,3-37,39,41-44,48H2,1-2H3,(H,49,51)(H,52,53)/b40-38+. The molecule has 334 valence electrons. The van der Waals surface area contributed by atoms with Crippen LogP contribution in [-0.4, -0.2) is 47.8 Å². The number of phosphoric ester groups is 1. The van der Waals surface area contributed by atoms with Gasteiger partial charge in [0.15, 0.2) is 0 Å². The van der Waals surface area contributed by atoms with Gasteiger partial charge >= 0.3 is 7.82 Å². The number of aliphatic hydroxyl groups is 1. The molecule has 0 aliphatic rings. The van der Waals surface area contributed by atoms with E-state index in [-0.39, 0.29) is 25.7 Å². The number of aliphatic hydroxyl groups excluding tert-OH is 1. The van der Waals surface area contributed by atoms with Crippen LogP contribution in [-0.2, 0) is 18.4 Å². The van der Waals surface area contributed by atoms with Crippen LogP contribution < -0.4 is 11.1 Å². The van der Waals surface area contributed by atoms with E-state index in [0.29, 0.717) is 6.42 Å². The van der Waals surface area contributed by atoms with Crippen LogP contribution in [0.25, 0.3) is 0 Å². The van der Waals surface area contributed by atoms with Gasteiger partial charge in [-0.2, -0.15) is 0 Å². The summed E-state index contributed by atoms with van der Waals surface area (Å²) in [6.45, 7) is 4.18. The molecule has 3 atom stereocenters. The highest BCUT2D eigenvalue weighted by atomic mass is 31.2. The van der Waals surface area contributed by atoms with Crippen molar-refractivity contribution in [2.45, 2.75) is 264 Å². The van der Waals surface area contributed by atoms with Crippen LogP contribution in [0.5, 0.6) is 0 Å². The third-order valence-corrected chi connectivity index (χ3v) is 12.1. The Morgan fingerprint density at radius 2 is 0.911 bits per heavy atom. The van der Waals surface area contributed by atoms with Crippen LogP contribution in [0, 0.1) is 0 Å². The molecule has 56 heavy (non-hydrogen) atoms. The fourth-order valence-corrected chi connectivity index (χ4v) is 8.19. The van der Waals surface area contributed by atoms with Gasteiger partial charge < -0.3 is 21.1 Å². The molecule has 0 fully saturated rings. The highest BCUT2D eigenvalue weighted by Crippen LogP contribution is 2.43. The zero-order valence-corrected chi connectivity index (χ0v) is 38.0. The summed E-state index contributed by atoms with van der Waals surface area (Å²) >= 11 is 0. The van der Waals surface area contributed by atoms with Gasteiger partial charge in [-0.15, -0.1) is 0 Å². The number of allylic oxidation sites excluding steroid dienone is 1. The summed E-state index contributed by atoms with van der Waals surface area (Å²) < 4.78 is 22.2. The Kier molecular flexibility index (Phi) is 43.2. The molecule has 0 radical (unpaired) electrons. The van der Waals surface area contributed by atoms with Crippen molar-refractivity contribution in [1.29, 1.82) is 0 Å². The smallest absolute Gasteiger partial charge is 0.387 e. The molecule has 0 heterocycles. The molecule has 9 heteroatoms.